The molecule has 0 bridgehead atoms. The van der Waals surface area contributed by atoms with Crippen LogP contribution in [-0.2, 0) is 9.59 Å². The quantitative estimate of drug-likeness (QED) is 0.0716. The number of nitrogens with two attached hydrogens (primary N) is 1. The number of amides is 2. The smallest absolute Gasteiger partial charge is 0.268 e. The number of nitrogen functional groups attached to an aromatic ring is 1. The summed E-state index contributed by atoms with van der Waals surface area (Å²) in [5, 5.41) is 15.7. The van der Waals surface area contributed by atoms with Crippen LogP contribution in [0.25, 0.3) is 22.2 Å². The van der Waals surface area contributed by atoms with Crippen LogP contribution in [0.3, 0.4) is 0 Å². The molecule has 0 atom stereocenters. The fraction of sp³-hybridized carbons (Fsp3) is 0.316. The van der Waals surface area contributed by atoms with E-state index in [1.807, 2.05) is 18.2 Å². The van der Waals surface area contributed by atoms with Crippen molar-refractivity contribution in [2.45, 2.75) is 76.7 Å². The highest BCUT2D eigenvalue weighted by Gasteiger charge is 2.36. The van der Waals surface area contributed by atoms with Crippen LogP contribution in [0.4, 0.5) is 40.3 Å². The van der Waals surface area contributed by atoms with Crippen LogP contribution in [0.5, 0.6) is 11.5 Å². The van der Waals surface area contributed by atoms with Gasteiger partial charge in [0.15, 0.2) is 34.0 Å². The second-order valence-corrected chi connectivity index (χ2v) is 14.9. The third-order valence-electron chi connectivity index (χ3n) is 8.98. The van der Waals surface area contributed by atoms with Crippen LogP contribution in [0.2, 0.25) is 5.28 Å². The lowest BCUT2D eigenvalue weighted by Crippen LogP contribution is -2.45. The van der Waals surface area contributed by atoms with Gasteiger partial charge < -0.3 is 50.6 Å². The molecule has 6 aromatic rings. The first-order chi connectivity index (χ1) is 26.3. The maximum atomic E-state index is 12.1. The summed E-state index contributed by atoms with van der Waals surface area (Å²) in [6, 6.07) is 15.2. The van der Waals surface area contributed by atoms with E-state index in [0.29, 0.717) is 69.4 Å². The van der Waals surface area contributed by atoms with Gasteiger partial charge in [0.25, 0.3) is 11.8 Å². The first kappa shape index (κ1) is 35.7. The Morgan fingerprint density at radius 2 is 1.24 bits per heavy atom. The number of carbonyl (C=O) groups is 2. The molecule has 2 fully saturated rings. The van der Waals surface area contributed by atoms with Crippen LogP contribution in [0.1, 0.15) is 53.4 Å². The van der Waals surface area contributed by atoms with Crippen molar-refractivity contribution >= 4 is 85.9 Å². The monoisotopic (exact) mass is 766 g/mol. The molecule has 16 nitrogen and oxygen atoms in total. The number of aromatic nitrogens is 4. The topological polar surface area (TPSA) is 217 Å². The molecule has 6 heterocycles. The zero-order valence-electron chi connectivity index (χ0n) is 30.5. The van der Waals surface area contributed by atoms with E-state index in [9.17, 15) is 9.59 Å². The fourth-order valence-electron chi connectivity index (χ4n) is 5.64. The summed E-state index contributed by atoms with van der Waals surface area (Å²) in [7, 11) is 0. The normalized spacial score (nSPS) is 17.4. The highest BCUT2D eigenvalue weighted by molar-refractivity contribution is 6.28. The molecule has 0 unspecified atom stereocenters. The summed E-state index contributed by atoms with van der Waals surface area (Å²) in [6.45, 7) is 6.92. The van der Waals surface area contributed by atoms with Gasteiger partial charge in [0.05, 0.1) is 23.9 Å². The molecular weight excluding hydrogens is 728 g/mol. The average molecular weight is 767 g/mol. The van der Waals surface area contributed by atoms with Crippen molar-refractivity contribution in [3.05, 3.63) is 66.3 Å². The fourth-order valence-corrected chi connectivity index (χ4v) is 5.81. The lowest BCUT2D eigenvalue weighted by Gasteiger charge is -2.31. The van der Waals surface area contributed by atoms with E-state index in [1.54, 1.807) is 70.6 Å². The number of benzene rings is 2. The highest BCUT2D eigenvalue weighted by atomic mass is 35.5. The molecule has 0 spiro atoms. The Bertz CT molecular complexity index is 2440. The summed E-state index contributed by atoms with van der Waals surface area (Å²) in [4.78, 5) is 40.8. The lowest BCUT2D eigenvalue weighted by molar-refractivity contribution is -0.130. The third-order valence-corrected chi connectivity index (χ3v) is 9.14. The van der Waals surface area contributed by atoms with Crippen molar-refractivity contribution in [3.63, 3.8) is 0 Å². The minimum absolute atomic E-state index is 0.157. The summed E-state index contributed by atoms with van der Waals surface area (Å²) >= 11 is 5.78. The molecule has 0 radical (unpaired) electrons. The van der Waals surface area contributed by atoms with Gasteiger partial charge in [-0.2, -0.15) is 9.97 Å². The maximum Gasteiger partial charge on any atom is 0.268 e. The Morgan fingerprint density at radius 1 is 0.709 bits per heavy atom. The van der Waals surface area contributed by atoms with Crippen molar-refractivity contribution in [1.29, 1.82) is 0 Å². The predicted octanol–water partition coefficient (Wildman–Crippen LogP) is 7.48. The Hall–Kier alpha value is -6.29. The molecule has 55 heavy (non-hydrogen) atoms. The number of carbonyl (C=O) groups excluding carboxylic acids is 2. The van der Waals surface area contributed by atoms with E-state index in [-0.39, 0.29) is 17.1 Å². The second kappa shape index (κ2) is 13.8. The zero-order valence-corrected chi connectivity index (χ0v) is 31.2. The van der Waals surface area contributed by atoms with E-state index in [1.165, 1.54) is 12.8 Å². The zero-order chi connectivity index (χ0) is 38.5. The Kier molecular flexibility index (Phi) is 8.99. The number of anilines is 7. The number of ether oxygens (including phenoxy) is 2. The van der Waals surface area contributed by atoms with Crippen molar-refractivity contribution in [2.24, 2.45) is 0 Å². The minimum atomic E-state index is -0.888. The minimum Gasteiger partial charge on any atom is -0.476 e. The van der Waals surface area contributed by atoms with E-state index < -0.39 is 11.2 Å². The predicted molar refractivity (Wildman–Crippen MR) is 209 cm³/mol. The Balaban J connectivity index is 0.000000128. The van der Waals surface area contributed by atoms with Crippen LogP contribution >= 0.6 is 11.6 Å². The van der Waals surface area contributed by atoms with E-state index in [0.717, 1.165) is 29.6 Å². The number of rotatable bonds is 6. The van der Waals surface area contributed by atoms with Crippen LogP contribution in [0.15, 0.2) is 69.9 Å². The molecule has 2 amide bonds. The largest absolute Gasteiger partial charge is 0.476 e. The average Bonchev–Trinajstić information content (AvgIpc) is 4.02. The van der Waals surface area contributed by atoms with Crippen LogP contribution in [-0.4, -0.2) is 55.0 Å². The number of furan rings is 2. The van der Waals surface area contributed by atoms with Gasteiger partial charge in [0.2, 0.25) is 11.2 Å². The molecule has 2 aliphatic heterocycles. The first-order valence-corrected chi connectivity index (χ1v) is 18.2. The first-order valence-electron chi connectivity index (χ1n) is 17.8. The van der Waals surface area contributed by atoms with Gasteiger partial charge in [0, 0.05) is 35.6 Å². The number of nitrogens with one attached hydrogen (secondary N) is 5. The van der Waals surface area contributed by atoms with Crippen molar-refractivity contribution in [2.75, 3.05) is 32.3 Å². The number of hydrogen-bond donors (Lipinski definition) is 6. The molecule has 2 aliphatic carbocycles. The van der Waals surface area contributed by atoms with Crippen LogP contribution in [0, 0.1) is 0 Å². The standard InChI is InChI=1S/C19H19N5O3.C10H12N2O2.C9H8ClN3O/c1-19(2)17(25)22-13-9-11(5-6-14(13)27-19)21-18-23-12-7-8-26-15(12)16(24-18)20-10-3-4-10;1-10(2)9(13)12-7-5-6(11)3-4-8(7)14-10;10-9-12-6-3-4-14-7(6)8(13-9)11-5-1-2-5/h5-10H,3-4H2,1-2H3,(H,22,25)(H2,20,21,23,24);3-5H,11H2,1-2H3,(H,12,13);3-5H,1-2H2,(H,11,12,13). The van der Waals surface area contributed by atoms with Gasteiger partial charge in [-0.25, -0.2) is 9.97 Å². The molecule has 2 aromatic carbocycles. The molecule has 0 saturated heterocycles. The molecule has 17 heteroatoms. The van der Waals surface area contributed by atoms with Crippen molar-refractivity contribution in [3.8, 4) is 11.5 Å². The number of hydrogen-bond acceptors (Lipinski definition) is 14. The van der Waals surface area contributed by atoms with Crippen LogP contribution < -0.4 is 41.8 Å². The van der Waals surface area contributed by atoms with E-state index in [2.05, 4.69) is 46.5 Å². The molecule has 284 valence electrons. The summed E-state index contributed by atoms with van der Waals surface area (Å²) in [5.41, 5.74) is 9.29. The van der Waals surface area contributed by atoms with Gasteiger partial charge in [-0.05, 0) is 101 Å². The van der Waals surface area contributed by atoms with Gasteiger partial charge in [-0.1, -0.05) is 0 Å². The number of fused-ring (bicyclic) bond motifs is 4. The molecule has 4 aromatic heterocycles. The second-order valence-electron chi connectivity index (χ2n) is 14.6. The van der Waals surface area contributed by atoms with Gasteiger partial charge in [0.1, 0.15) is 22.5 Å². The van der Waals surface area contributed by atoms with E-state index in [4.69, 9.17) is 35.6 Å². The lowest BCUT2D eigenvalue weighted by atomic mass is 10.1. The molecule has 2 saturated carbocycles. The molecular formula is C38H39ClN10O6. The summed E-state index contributed by atoms with van der Waals surface area (Å²) in [5.74, 6) is 2.79. The third kappa shape index (κ3) is 7.99. The van der Waals surface area contributed by atoms with Crippen molar-refractivity contribution in [1.82, 2.24) is 19.9 Å². The van der Waals surface area contributed by atoms with Gasteiger partial charge >= 0.3 is 0 Å². The van der Waals surface area contributed by atoms with Crippen molar-refractivity contribution < 1.29 is 27.9 Å². The molecule has 7 N–H and O–H groups in total. The van der Waals surface area contributed by atoms with Gasteiger partial charge in [-0.15, -0.1) is 0 Å². The molecule has 4 aliphatic rings. The number of nitrogens with zero attached hydrogens (tertiary/aromatic N) is 4. The maximum absolute atomic E-state index is 12.1. The summed E-state index contributed by atoms with van der Waals surface area (Å²) in [6.07, 6.45) is 7.84. The SMILES string of the molecule is CC1(C)Oc2ccc(N)cc2NC1=O.CC1(C)Oc2ccc(Nc3nc(NC4CC4)c4occc4n3)cc2NC1=O.Clc1nc(NC2CC2)c2occc2n1. The van der Waals surface area contributed by atoms with Gasteiger partial charge in [-0.3, -0.25) is 9.59 Å². The summed E-state index contributed by atoms with van der Waals surface area (Å²) < 4.78 is 22.1. The Labute approximate surface area is 319 Å². The van der Waals surface area contributed by atoms with E-state index >= 15 is 0 Å². The highest BCUT2D eigenvalue weighted by Crippen LogP contribution is 2.37. The number of halogens is 1. The molecule has 10 rings (SSSR count). The Morgan fingerprint density at radius 3 is 1.82 bits per heavy atom.